The second-order valence-corrected chi connectivity index (χ2v) is 3.93. The number of aldehydes is 1. The summed E-state index contributed by atoms with van der Waals surface area (Å²) in [5.74, 6) is -0.604. The predicted molar refractivity (Wildman–Crippen MR) is 57.8 cm³/mol. The molecular formula is C10H10BrNO3. The third-order valence-corrected chi connectivity index (χ3v) is 2.31. The van der Waals surface area contributed by atoms with Crippen LogP contribution in [0, 0.1) is 0 Å². The lowest BCUT2D eigenvalue weighted by molar-refractivity contribution is -0.161. The molecule has 0 aliphatic heterocycles. The highest BCUT2D eigenvalue weighted by Crippen LogP contribution is 2.20. The van der Waals surface area contributed by atoms with Crippen molar-refractivity contribution in [3.8, 4) is 0 Å². The summed E-state index contributed by atoms with van der Waals surface area (Å²) < 4.78 is 5.62. The minimum atomic E-state index is -1.70. The van der Waals surface area contributed by atoms with Crippen LogP contribution in [-0.2, 0) is 20.1 Å². The highest BCUT2D eigenvalue weighted by Gasteiger charge is 2.30. The molecule has 1 aromatic carbocycles. The number of ether oxygens (including phenoxy) is 1. The number of hydrogen-bond donors (Lipinski definition) is 1. The SMILES string of the molecule is CC(=O)OC(N)(C=O)c1ccc(Br)cc1. The molecule has 0 aliphatic rings. The van der Waals surface area contributed by atoms with Crippen molar-refractivity contribution in [1.82, 2.24) is 0 Å². The zero-order chi connectivity index (χ0) is 11.5. The number of carbonyl (C=O) groups excluding carboxylic acids is 2. The molecule has 0 bridgehead atoms. The molecule has 0 amide bonds. The van der Waals surface area contributed by atoms with E-state index in [1.807, 2.05) is 0 Å². The van der Waals surface area contributed by atoms with Crippen LogP contribution < -0.4 is 5.73 Å². The van der Waals surface area contributed by atoms with Gasteiger partial charge in [-0.15, -0.1) is 0 Å². The molecule has 1 rings (SSSR count). The average Bonchev–Trinajstić information content (AvgIpc) is 2.17. The molecule has 4 nitrogen and oxygen atoms in total. The highest BCUT2D eigenvalue weighted by atomic mass is 79.9. The first-order chi connectivity index (χ1) is 6.98. The summed E-state index contributed by atoms with van der Waals surface area (Å²) in [7, 11) is 0. The Morgan fingerprint density at radius 2 is 2.00 bits per heavy atom. The average molecular weight is 272 g/mol. The van der Waals surface area contributed by atoms with Gasteiger partial charge >= 0.3 is 5.97 Å². The quantitative estimate of drug-likeness (QED) is 0.512. The molecule has 1 atom stereocenters. The predicted octanol–water partition coefficient (Wildman–Crippen LogP) is 1.32. The number of carbonyl (C=O) groups is 2. The summed E-state index contributed by atoms with van der Waals surface area (Å²) in [6.07, 6.45) is 0.400. The molecular weight excluding hydrogens is 262 g/mol. The smallest absolute Gasteiger partial charge is 0.305 e. The molecule has 0 radical (unpaired) electrons. The number of esters is 1. The minimum absolute atomic E-state index is 0.400. The lowest BCUT2D eigenvalue weighted by Crippen LogP contribution is -2.42. The van der Waals surface area contributed by atoms with Gasteiger partial charge in [-0.2, -0.15) is 0 Å². The van der Waals surface area contributed by atoms with Crippen LogP contribution in [0.5, 0.6) is 0 Å². The van der Waals surface area contributed by atoms with Gasteiger partial charge in [-0.25, -0.2) is 0 Å². The van der Waals surface area contributed by atoms with E-state index < -0.39 is 11.7 Å². The van der Waals surface area contributed by atoms with E-state index >= 15 is 0 Å². The number of nitrogens with two attached hydrogens (primary N) is 1. The van der Waals surface area contributed by atoms with E-state index in [1.54, 1.807) is 24.3 Å². The number of hydrogen-bond acceptors (Lipinski definition) is 4. The molecule has 1 aromatic rings. The minimum Gasteiger partial charge on any atom is -0.433 e. The Kier molecular flexibility index (Phi) is 3.60. The third-order valence-electron chi connectivity index (χ3n) is 1.78. The van der Waals surface area contributed by atoms with Crippen molar-refractivity contribution < 1.29 is 14.3 Å². The van der Waals surface area contributed by atoms with Gasteiger partial charge in [0, 0.05) is 17.0 Å². The molecule has 0 saturated heterocycles. The summed E-state index contributed by atoms with van der Waals surface area (Å²) in [5, 5.41) is 0. The molecule has 1 unspecified atom stereocenters. The van der Waals surface area contributed by atoms with Crippen molar-refractivity contribution in [2.75, 3.05) is 0 Å². The first-order valence-electron chi connectivity index (χ1n) is 4.19. The van der Waals surface area contributed by atoms with Crippen molar-refractivity contribution in [2.45, 2.75) is 12.6 Å². The monoisotopic (exact) mass is 271 g/mol. The molecule has 0 aliphatic carbocycles. The zero-order valence-corrected chi connectivity index (χ0v) is 9.65. The van der Waals surface area contributed by atoms with Crippen molar-refractivity contribution in [2.24, 2.45) is 5.73 Å². The van der Waals surface area contributed by atoms with Crippen LogP contribution in [0.25, 0.3) is 0 Å². The Morgan fingerprint density at radius 1 is 1.47 bits per heavy atom. The van der Waals surface area contributed by atoms with Gasteiger partial charge in [-0.1, -0.05) is 28.1 Å². The number of halogens is 1. The van der Waals surface area contributed by atoms with Crippen molar-refractivity contribution >= 4 is 28.2 Å². The molecule has 0 spiro atoms. The fourth-order valence-corrected chi connectivity index (χ4v) is 1.36. The molecule has 80 valence electrons. The lowest BCUT2D eigenvalue weighted by Gasteiger charge is -2.22. The summed E-state index contributed by atoms with van der Waals surface area (Å²) in [6.45, 7) is 1.20. The zero-order valence-electron chi connectivity index (χ0n) is 8.07. The van der Waals surface area contributed by atoms with Gasteiger partial charge < -0.3 is 4.74 Å². The lowest BCUT2D eigenvalue weighted by atomic mass is 10.1. The third kappa shape index (κ3) is 2.87. The maximum atomic E-state index is 10.8. The summed E-state index contributed by atoms with van der Waals surface area (Å²) in [5.41, 5.74) is 4.37. The number of rotatable bonds is 3. The summed E-state index contributed by atoms with van der Waals surface area (Å²) in [6, 6.07) is 6.65. The fourth-order valence-electron chi connectivity index (χ4n) is 1.10. The van der Waals surface area contributed by atoms with E-state index in [2.05, 4.69) is 15.9 Å². The molecule has 0 saturated carbocycles. The molecule has 2 N–H and O–H groups in total. The van der Waals surface area contributed by atoms with Crippen LogP contribution in [-0.4, -0.2) is 12.3 Å². The topological polar surface area (TPSA) is 69.4 Å². The fraction of sp³-hybridized carbons (Fsp3) is 0.200. The maximum absolute atomic E-state index is 10.8. The van der Waals surface area contributed by atoms with E-state index in [0.29, 0.717) is 11.8 Å². The van der Waals surface area contributed by atoms with E-state index in [0.717, 1.165) is 4.47 Å². The van der Waals surface area contributed by atoms with Crippen LogP contribution in [0.3, 0.4) is 0 Å². The van der Waals surface area contributed by atoms with Gasteiger partial charge in [0.25, 0.3) is 0 Å². The second-order valence-electron chi connectivity index (χ2n) is 3.01. The standard InChI is InChI=1S/C10H10BrNO3/c1-7(14)15-10(12,6-13)8-2-4-9(11)5-3-8/h2-6H,12H2,1H3. The van der Waals surface area contributed by atoms with Gasteiger partial charge in [-0.3, -0.25) is 15.3 Å². The van der Waals surface area contributed by atoms with Crippen molar-refractivity contribution in [3.05, 3.63) is 34.3 Å². The van der Waals surface area contributed by atoms with Crippen molar-refractivity contribution in [3.63, 3.8) is 0 Å². The Balaban J connectivity index is 3.05. The van der Waals surface area contributed by atoms with Gasteiger partial charge in [0.2, 0.25) is 5.72 Å². The van der Waals surface area contributed by atoms with Gasteiger partial charge in [0.15, 0.2) is 6.29 Å². The van der Waals surface area contributed by atoms with Gasteiger partial charge in [0.1, 0.15) is 0 Å². The van der Waals surface area contributed by atoms with Gasteiger partial charge in [-0.05, 0) is 12.1 Å². The highest BCUT2D eigenvalue weighted by molar-refractivity contribution is 9.10. The second kappa shape index (κ2) is 4.55. The van der Waals surface area contributed by atoms with E-state index in [1.165, 1.54) is 6.92 Å². The molecule has 0 fully saturated rings. The van der Waals surface area contributed by atoms with E-state index in [-0.39, 0.29) is 0 Å². The Labute approximate surface area is 95.5 Å². The van der Waals surface area contributed by atoms with Crippen molar-refractivity contribution in [1.29, 1.82) is 0 Å². The van der Waals surface area contributed by atoms with Crippen LogP contribution in [0.1, 0.15) is 12.5 Å². The first-order valence-corrected chi connectivity index (χ1v) is 4.98. The Morgan fingerprint density at radius 3 is 2.40 bits per heavy atom. The van der Waals surface area contributed by atoms with Gasteiger partial charge in [0.05, 0.1) is 0 Å². The summed E-state index contributed by atoms with van der Waals surface area (Å²) in [4.78, 5) is 21.6. The van der Waals surface area contributed by atoms with Crippen LogP contribution in [0.15, 0.2) is 28.7 Å². The largest absolute Gasteiger partial charge is 0.433 e. The Hall–Kier alpha value is -1.20. The van der Waals surface area contributed by atoms with E-state index in [4.69, 9.17) is 10.5 Å². The first kappa shape index (κ1) is 11.9. The molecule has 5 heteroatoms. The van der Waals surface area contributed by atoms with E-state index in [9.17, 15) is 9.59 Å². The maximum Gasteiger partial charge on any atom is 0.305 e. The van der Waals surface area contributed by atoms with Crippen LogP contribution in [0.2, 0.25) is 0 Å². The molecule has 0 heterocycles. The molecule has 0 aromatic heterocycles. The number of benzene rings is 1. The molecule has 15 heavy (non-hydrogen) atoms. The van der Waals surface area contributed by atoms with Crippen LogP contribution >= 0.6 is 15.9 Å². The normalized spacial score (nSPS) is 14.1. The Bertz CT molecular complexity index is 377. The van der Waals surface area contributed by atoms with Crippen LogP contribution in [0.4, 0.5) is 0 Å². The summed E-state index contributed by atoms with van der Waals surface area (Å²) >= 11 is 3.25.